The maximum absolute atomic E-state index is 12.9. The predicted molar refractivity (Wildman–Crippen MR) is 97.4 cm³/mol. The summed E-state index contributed by atoms with van der Waals surface area (Å²) in [4.78, 5) is 26.4. The molecule has 0 atom stereocenters. The van der Waals surface area contributed by atoms with Crippen molar-refractivity contribution in [3.05, 3.63) is 52.8 Å². The fraction of sp³-hybridized carbons (Fsp3) is 0.111. The van der Waals surface area contributed by atoms with Crippen molar-refractivity contribution in [3.63, 3.8) is 0 Å². The van der Waals surface area contributed by atoms with Gasteiger partial charge in [0.2, 0.25) is 5.88 Å². The van der Waals surface area contributed by atoms with Crippen molar-refractivity contribution in [2.75, 3.05) is 6.61 Å². The van der Waals surface area contributed by atoms with Crippen LogP contribution >= 0.6 is 11.3 Å². The number of thiophene rings is 1. The summed E-state index contributed by atoms with van der Waals surface area (Å²) in [6.07, 6.45) is 8.15. The molecule has 0 fully saturated rings. The van der Waals surface area contributed by atoms with E-state index in [1.165, 1.54) is 28.6 Å². The second-order valence-corrected chi connectivity index (χ2v) is 6.39. The molecule has 25 heavy (non-hydrogen) atoms. The van der Waals surface area contributed by atoms with Crippen LogP contribution in [0.2, 0.25) is 0 Å². The number of terminal acetylenes is 1. The van der Waals surface area contributed by atoms with Crippen molar-refractivity contribution >= 4 is 31.8 Å². The van der Waals surface area contributed by atoms with Gasteiger partial charge >= 0.3 is 0 Å². The molecule has 0 N–H and O–H groups in total. The maximum atomic E-state index is 12.9. The van der Waals surface area contributed by atoms with Crippen LogP contribution < -0.4 is 10.3 Å². The molecule has 7 heteroatoms. The average molecular weight is 348 g/mol. The van der Waals surface area contributed by atoms with E-state index in [0.29, 0.717) is 26.3 Å². The van der Waals surface area contributed by atoms with Gasteiger partial charge in [-0.3, -0.25) is 9.36 Å². The van der Waals surface area contributed by atoms with Crippen molar-refractivity contribution in [2.24, 2.45) is 0 Å². The molecular formula is C18H12N4O2S. The SMILES string of the molecule is C#CCOc1ncnc2sc3c(=O)n(-c4ccc(C)cc4)cnc3c12. The lowest BCUT2D eigenvalue weighted by molar-refractivity contribution is 0.360. The highest BCUT2D eigenvalue weighted by Crippen LogP contribution is 2.34. The van der Waals surface area contributed by atoms with E-state index >= 15 is 0 Å². The van der Waals surface area contributed by atoms with E-state index in [2.05, 4.69) is 20.9 Å². The molecule has 0 saturated carbocycles. The summed E-state index contributed by atoms with van der Waals surface area (Å²) in [6.45, 7) is 2.08. The first-order valence-corrected chi connectivity index (χ1v) is 8.29. The first-order chi connectivity index (χ1) is 12.2. The van der Waals surface area contributed by atoms with E-state index in [-0.39, 0.29) is 12.2 Å². The van der Waals surface area contributed by atoms with Gasteiger partial charge in [-0.25, -0.2) is 15.0 Å². The second-order valence-electron chi connectivity index (χ2n) is 5.39. The van der Waals surface area contributed by atoms with E-state index in [9.17, 15) is 4.79 Å². The highest BCUT2D eigenvalue weighted by atomic mass is 32.1. The van der Waals surface area contributed by atoms with Crippen LogP contribution in [0.25, 0.3) is 26.1 Å². The number of aromatic nitrogens is 4. The number of rotatable bonds is 3. The Hall–Kier alpha value is -3.24. The fourth-order valence-electron chi connectivity index (χ4n) is 2.55. The van der Waals surface area contributed by atoms with Gasteiger partial charge < -0.3 is 4.74 Å². The van der Waals surface area contributed by atoms with Gasteiger partial charge in [-0.2, -0.15) is 0 Å². The van der Waals surface area contributed by atoms with Crippen LogP contribution in [-0.4, -0.2) is 26.1 Å². The molecule has 4 rings (SSSR count). The van der Waals surface area contributed by atoms with Gasteiger partial charge in [0.1, 0.15) is 33.1 Å². The van der Waals surface area contributed by atoms with Crippen molar-refractivity contribution < 1.29 is 4.74 Å². The third-order valence-corrected chi connectivity index (χ3v) is 4.82. The first-order valence-electron chi connectivity index (χ1n) is 7.47. The molecule has 0 saturated heterocycles. The normalized spacial score (nSPS) is 10.9. The van der Waals surface area contributed by atoms with Crippen LogP contribution in [0, 0.1) is 19.3 Å². The molecule has 6 nitrogen and oxygen atoms in total. The number of ether oxygens (including phenoxy) is 1. The monoisotopic (exact) mass is 348 g/mol. The highest BCUT2D eigenvalue weighted by Gasteiger charge is 2.17. The molecular weight excluding hydrogens is 336 g/mol. The van der Waals surface area contributed by atoms with Crippen molar-refractivity contribution in [1.82, 2.24) is 19.5 Å². The Morgan fingerprint density at radius 3 is 2.80 bits per heavy atom. The van der Waals surface area contributed by atoms with Gasteiger partial charge in [-0.15, -0.1) is 17.8 Å². The quantitative estimate of drug-likeness (QED) is 0.533. The van der Waals surface area contributed by atoms with Crippen LogP contribution in [0.1, 0.15) is 5.56 Å². The third-order valence-electron chi connectivity index (χ3n) is 3.75. The Bertz CT molecular complexity index is 1190. The molecule has 0 aliphatic carbocycles. The minimum Gasteiger partial charge on any atom is -0.464 e. The lowest BCUT2D eigenvalue weighted by Gasteiger charge is -2.05. The summed E-state index contributed by atoms with van der Waals surface area (Å²) in [6, 6.07) is 7.68. The van der Waals surface area contributed by atoms with Crippen LogP contribution in [0.15, 0.2) is 41.7 Å². The minimum absolute atomic E-state index is 0.0872. The zero-order valence-electron chi connectivity index (χ0n) is 13.3. The second kappa shape index (κ2) is 6.00. The molecule has 0 spiro atoms. The summed E-state index contributed by atoms with van der Waals surface area (Å²) in [5.41, 5.74) is 2.26. The molecule has 4 aromatic rings. The topological polar surface area (TPSA) is 69.9 Å². The summed E-state index contributed by atoms with van der Waals surface area (Å²) < 4.78 is 7.50. The van der Waals surface area contributed by atoms with Gasteiger partial charge in [0.25, 0.3) is 5.56 Å². The fourth-order valence-corrected chi connectivity index (χ4v) is 3.56. The first kappa shape index (κ1) is 15.3. The van der Waals surface area contributed by atoms with Crippen molar-refractivity contribution in [1.29, 1.82) is 0 Å². The van der Waals surface area contributed by atoms with E-state index in [0.717, 1.165) is 11.3 Å². The number of nitrogens with zero attached hydrogens (tertiary/aromatic N) is 4. The number of hydrogen-bond donors (Lipinski definition) is 0. The van der Waals surface area contributed by atoms with Gasteiger partial charge in [0.05, 0.1) is 5.69 Å². The van der Waals surface area contributed by atoms with E-state index in [4.69, 9.17) is 11.2 Å². The molecule has 122 valence electrons. The Kier molecular flexibility index (Phi) is 3.67. The minimum atomic E-state index is -0.153. The van der Waals surface area contributed by atoms with Crippen LogP contribution in [-0.2, 0) is 0 Å². The molecule has 0 amide bonds. The Labute approximate surface area is 146 Å². The summed E-state index contributed by atoms with van der Waals surface area (Å²) in [5.74, 6) is 2.74. The maximum Gasteiger partial charge on any atom is 0.275 e. The molecule has 0 unspecified atom stereocenters. The molecule has 0 bridgehead atoms. The molecule has 3 aromatic heterocycles. The van der Waals surface area contributed by atoms with Crippen molar-refractivity contribution in [3.8, 4) is 23.9 Å². The Morgan fingerprint density at radius 1 is 1.24 bits per heavy atom. The average Bonchev–Trinajstić information content (AvgIpc) is 3.01. The lowest BCUT2D eigenvalue weighted by atomic mass is 10.2. The van der Waals surface area contributed by atoms with E-state index < -0.39 is 0 Å². The summed E-state index contributed by atoms with van der Waals surface area (Å²) >= 11 is 1.27. The van der Waals surface area contributed by atoms with Crippen molar-refractivity contribution in [2.45, 2.75) is 6.92 Å². The zero-order chi connectivity index (χ0) is 17.4. The standard InChI is InChI=1S/C18H12N4O2S/c1-3-8-24-16-13-14-15(25-17(13)20-9-19-16)18(23)22(10-21-14)12-6-4-11(2)5-7-12/h1,4-7,9-10H,8H2,2H3. The molecule has 0 aliphatic rings. The van der Waals surface area contributed by atoms with Crippen LogP contribution in [0.3, 0.4) is 0 Å². The lowest BCUT2D eigenvalue weighted by Crippen LogP contribution is -2.17. The van der Waals surface area contributed by atoms with Gasteiger partial charge in [-0.1, -0.05) is 23.6 Å². The number of fused-ring (bicyclic) bond motifs is 3. The zero-order valence-corrected chi connectivity index (χ0v) is 14.1. The van der Waals surface area contributed by atoms with Gasteiger partial charge in [0.15, 0.2) is 6.61 Å². The predicted octanol–water partition coefficient (Wildman–Crippen LogP) is 2.71. The summed E-state index contributed by atoms with van der Waals surface area (Å²) in [7, 11) is 0. The van der Waals surface area contributed by atoms with E-state index in [1.54, 1.807) is 0 Å². The highest BCUT2D eigenvalue weighted by molar-refractivity contribution is 7.25. The molecule has 0 aliphatic heterocycles. The summed E-state index contributed by atoms with van der Waals surface area (Å²) in [5, 5.41) is 0.617. The van der Waals surface area contributed by atoms with Crippen LogP contribution in [0.5, 0.6) is 5.88 Å². The molecule has 0 radical (unpaired) electrons. The largest absolute Gasteiger partial charge is 0.464 e. The molecule has 1 aromatic carbocycles. The Balaban J connectivity index is 1.96. The number of hydrogen-bond acceptors (Lipinski definition) is 6. The van der Waals surface area contributed by atoms with E-state index in [1.807, 2.05) is 31.2 Å². The van der Waals surface area contributed by atoms with Gasteiger partial charge in [0, 0.05) is 0 Å². The van der Waals surface area contributed by atoms with Crippen LogP contribution in [0.4, 0.5) is 0 Å². The number of benzene rings is 1. The third kappa shape index (κ3) is 2.53. The smallest absolute Gasteiger partial charge is 0.275 e. The number of aryl methyl sites for hydroxylation is 1. The Morgan fingerprint density at radius 2 is 2.04 bits per heavy atom. The molecule has 3 heterocycles. The van der Waals surface area contributed by atoms with Gasteiger partial charge in [-0.05, 0) is 19.1 Å².